The van der Waals surface area contributed by atoms with E-state index in [9.17, 15) is 24.0 Å². The Balaban J connectivity index is 1.38. The summed E-state index contributed by atoms with van der Waals surface area (Å²) in [7, 11) is 1.49. The van der Waals surface area contributed by atoms with Crippen LogP contribution >= 0.6 is 23.2 Å². The van der Waals surface area contributed by atoms with Crippen molar-refractivity contribution < 1.29 is 33.4 Å². The van der Waals surface area contributed by atoms with Crippen LogP contribution in [0.4, 0.5) is 0 Å². The summed E-state index contributed by atoms with van der Waals surface area (Å²) in [5, 5.41) is 2.01. The highest BCUT2D eigenvalue weighted by molar-refractivity contribution is 6.36. The molecule has 1 heterocycles. The number of hydrogen-bond acceptors (Lipinski definition) is 7. The normalized spacial score (nSPS) is 19.5. The van der Waals surface area contributed by atoms with E-state index in [-0.39, 0.29) is 33.4 Å². The predicted molar refractivity (Wildman–Crippen MR) is 158 cm³/mol. The van der Waals surface area contributed by atoms with Crippen molar-refractivity contribution in [3.63, 3.8) is 0 Å². The zero-order valence-corrected chi connectivity index (χ0v) is 24.9. The zero-order chi connectivity index (χ0) is 30.8. The number of imide groups is 1. The highest BCUT2D eigenvalue weighted by atomic mass is 35.5. The van der Waals surface area contributed by atoms with Crippen LogP contribution in [0.5, 0.6) is 11.5 Å². The molecule has 2 fully saturated rings. The number of amides is 3. The Morgan fingerprint density at radius 3 is 2.30 bits per heavy atom. The number of hydrazine groups is 1. The maximum atomic E-state index is 13.8. The number of ketones is 1. The molecule has 9 nitrogen and oxygen atoms in total. The Kier molecular flexibility index (Phi) is 8.84. The summed E-state index contributed by atoms with van der Waals surface area (Å²) < 4.78 is 10.5. The first-order valence-electron chi connectivity index (χ1n) is 13.7. The molecule has 3 aromatic rings. The fourth-order valence-corrected chi connectivity index (χ4v) is 5.99. The van der Waals surface area contributed by atoms with Gasteiger partial charge in [0.1, 0.15) is 18.0 Å². The van der Waals surface area contributed by atoms with E-state index >= 15 is 0 Å². The van der Waals surface area contributed by atoms with Gasteiger partial charge in [0.25, 0.3) is 17.7 Å². The van der Waals surface area contributed by atoms with E-state index in [2.05, 4.69) is 0 Å². The second-order valence-corrected chi connectivity index (χ2v) is 11.5. The lowest BCUT2D eigenvalue weighted by Gasteiger charge is -2.30. The van der Waals surface area contributed by atoms with Gasteiger partial charge >= 0.3 is 5.97 Å². The van der Waals surface area contributed by atoms with Crippen LogP contribution in [0.1, 0.15) is 57.3 Å². The van der Waals surface area contributed by atoms with Gasteiger partial charge in [0, 0.05) is 10.6 Å². The van der Waals surface area contributed by atoms with Gasteiger partial charge in [-0.25, -0.2) is 9.80 Å². The number of rotatable bonds is 8. The van der Waals surface area contributed by atoms with Crippen molar-refractivity contribution >= 4 is 52.7 Å². The van der Waals surface area contributed by atoms with Gasteiger partial charge in [-0.05, 0) is 85.8 Å². The number of halogens is 2. The van der Waals surface area contributed by atoms with Crippen molar-refractivity contribution in [1.29, 1.82) is 0 Å². The lowest BCUT2D eigenvalue weighted by atomic mass is 9.76. The van der Waals surface area contributed by atoms with Crippen molar-refractivity contribution in [3.05, 3.63) is 93.5 Å². The first-order valence-corrected chi connectivity index (χ1v) is 14.5. The van der Waals surface area contributed by atoms with Crippen LogP contribution < -0.4 is 9.47 Å². The first kappa shape index (κ1) is 30.3. The van der Waals surface area contributed by atoms with Gasteiger partial charge in [-0.2, -0.15) is 5.01 Å². The highest BCUT2D eigenvalue weighted by Crippen LogP contribution is 2.41. The van der Waals surface area contributed by atoms with Crippen LogP contribution in [-0.4, -0.2) is 53.1 Å². The van der Waals surface area contributed by atoms with E-state index in [0.29, 0.717) is 23.6 Å². The molecule has 222 valence electrons. The van der Waals surface area contributed by atoms with E-state index in [1.165, 1.54) is 55.6 Å². The Hall–Kier alpha value is -4.21. The van der Waals surface area contributed by atoms with Gasteiger partial charge < -0.3 is 9.47 Å². The van der Waals surface area contributed by atoms with Crippen molar-refractivity contribution in [3.8, 4) is 11.5 Å². The molecular weight excluding hydrogens is 595 g/mol. The van der Waals surface area contributed by atoms with Gasteiger partial charge in [0.05, 0.1) is 35.1 Å². The molecule has 2 aliphatic rings. The largest absolute Gasteiger partial charge is 0.497 e. The van der Waals surface area contributed by atoms with Crippen LogP contribution in [0, 0.1) is 17.8 Å². The average Bonchev–Trinajstić information content (AvgIpc) is 3.24. The number of ether oxygens (including phenoxy) is 2. The maximum absolute atomic E-state index is 13.8. The van der Waals surface area contributed by atoms with E-state index < -0.39 is 47.9 Å². The molecule has 3 atom stereocenters. The van der Waals surface area contributed by atoms with Crippen molar-refractivity contribution in [2.45, 2.75) is 26.2 Å². The number of fused-ring (bicyclic) bond motifs is 1. The van der Waals surface area contributed by atoms with Crippen molar-refractivity contribution in [1.82, 2.24) is 10.0 Å². The number of hydrogen-bond donors (Lipinski definition) is 0. The number of benzene rings is 3. The van der Waals surface area contributed by atoms with Crippen molar-refractivity contribution in [2.24, 2.45) is 17.8 Å². The second kappa shape index (κ2) is 12.6. The fourth-order valence-electron chi connectivity index (χ4n) is 5.50. The molecule has 3 amide bonds. The van der Waals surface area contributed by atoms with Gasteiger partial charge in [-0.3, -0.25) is 19.2 Å². The third-order valence-electron chi connectivity index (χ3n) is 7.79. The quantitative estimate of drug-likeness (QED) is 0.133. The van der Waals surface area contributed by atoms with Gasteiger partial charge in [-0.1, -0.05) is 36.2 Å². The van der Waals surface area contributed by atoms with Crippen LogP contribution in [0.2, 0.25) is 10.0 Å². The Bertz CT molecular complexity index is 1610. The Morgan fingerprint density at radius 2 is 1.60 bits per heavy atom. The minimum atomic E-state index is -0.785. The average molecular weight is 623 g/mol. The predicted octanol–water partition coefficient (Wildman–Crippen LogP) is 5.88. The molecule has 43 heavy (non-hydrogen) atoms. The van der Waals surface area contributed by atoms with Crippen LogP contribution in [-0.2, 0) is 9.59 Å². The summed E-state index contributed by atoms with van der Waals surface area (Å²) in [5.41, 5.74) is 0.443. The van der Waals surface area contributed by atoms with Crippen LogP contribution in [0.25, 0.3) is 0 Å². The van der Waals surface area contributed by atoms with E-state index in [1.807, 2.05) is 6.92 Å². The monoisotopic (exact) mass is 622 g/mol. The molecule has 5 rings (SSSR count). The van der Waals surface area contributed by atoms with Crippen LogP contribution in [0.3, 0.4) is 0 Å². The highest BCUT2D eigenvalue weighted by Gasteiger charge is 2.53. The summed E-state index contributed by atoms with van der Waals surface area (Å²) in [6, 6.07) is 16.4. The summed E-state index contributed by atoms with van der Waals surface area (Å²) >= 11 is 12.3. The van der Waals surface area contributed by atoms with Crippen LogP contribution in [0.15, 0.2) is 66.7 Å². The standard InChI is InChI=1S/C32H28Cl2N2O7/c1-18-6-12-24-26(14-18)31(40)36(30(24)39)35(29(38)25-13-9-21(33)16-27(25)34)17-28(37)19-7-10-22(11-8-19)43-32(41)20-4-3-5-23(15-20)42-2/h3-5,7-11,13,15-16,18,24,26H,6,12,14,17H2,1-2H3/t18-,24+,26-/m0/s1. The molecule has 1 saturated heterocycles. The van der Waals surface area contributed by atoms with Gasteiger partial charge in [-0.15, -0.1) is 0 Å². The number of nitrogens with zero attached hydrogens (tertiary/aromatic N) is 2. The molecule has 0 radical (unpaired) electrons. The molecule has 0 N–H and O–H groups in total. The molecule has 0 spiro atoms. The number of Topliss-reactive ketones (excluding diaryl/α,β-unsaturated/α-hetero) is 1. The lowest BCUT2D eigenvalue weighted by Crippen LogP contribution is -2.52. The zero-order valence-electron chi connectivity index (χ0n) is 23.4. The maximum Gasteiger partial charge on any atom is 0.343 e. The third-order valence-corrected chi connectivity index (χ3v) is 8.34. The topological polar surface area (TPSA) is 110 Å². The molecule has 3 aromatic carbocycles. The van der Waals surface area contributed by atoms with Gasteiger partial charge in [0.15, 0.2) is 5.78 Å². The number of carbonyl (C=O) groups excluding carboxylic acids is 5. The molecule has 1 saturated carbocycles. The third kappa shape index (κ3) is 6.28. The van der Waals surface area contributed by atoms with Crippen molar-refractivity contribution in [2.75, 3.05) is 13.7 Å². The molecule has 0 aromatic heterocycles. The molecule has 0 unspecified atom stereocenters. The van der Waals surface area contributed by atoms with E-state index in [0.717, 1.165) is 16.4 Å². The SMILES string of the molecule is COc1cccc(C(=O)Oc2ccc(C(=O)CN(C(=O)c3ccc(Cl)cc3Cl)N3C(=O)[C@H]4C[C@@H](C)CC[C@H]4C3=O)cc2)c1. The summed E-state index contributed by atoms with van der Waals surface area (Å²) in [6.07, 6.45) is 1.85. The smallest absolute Gasteiger partial charge is 0.343 e. The first-order chi connectivity index (χ1) is 20.6. The van der Waals surface area contributed by atoms with E-state index in [4.69, 9.17) is 32.7 Å². The number of methoxy groups -OCH3 is 1. The lowest BCUT2D eigenvalue weighted by molar-refractivity contribution is -0.154. The fraction of sp³-hybridized carbons (Fsp3) is 0.281. The van der Waals surface area contributed by atoms with Gasteiger partial charge in [0.2, 0.25) is 0 Å². The molecular formula is C32H28Cl2N2O7. The number of carbonyl (C=O) groups is 5. The van der Waals surface area contributed by atoms with E-state index in [1.54, 1.807) is 18.2 Å². The Labute approximate surface area is 258 Å². The second-order valence-electron chi connectivity index (χ2n) is 10.7. The Morgan fingerprint density at radius 1 is 0.884 bits per heavy atom. The molecule has 1 aliphatic carbocycles. The summed E-state index contributed by atoms with van der Waals surface area (Å²) in [4.78, 5) is 66.8. The molecule has 1 aliphatic heterocycles. The summed E-state index contributed by atoms with van der Waals surface area (Å²) in [5.74, 6) is -3.12. The number of esters is 1. The minimum Gasteiger partial charge on any atom is -0.497 e. The minimum absolute atomic E-state index is 0.0116. The molecule has 0 bridgehead atoms. The summed E-state index contributed by atoms with van der Waals surface area (Å²) in [6.45, 7) is 1.42. The molecule has 11 heteroatoms.